The van der Waals surface area contributed by atoms with Crippen LogP contribution in [0.1, 0.15) is 46.1 Å². The highest BCUT2D eigenvalue weighted by Crippen LogP contribution is 2.27. The van der Waals surface area contributed by atoms with Crippen molar-refractivity contribution >= 4 is 11.6 Å². The number of amides is 1. The van der Waals surface area contributed by atoms with Crippen LogP contribution in [0.4, 0.5) is 5.69 Å². The van der Waals surface area contributed by atoms with Crippen LogP contribution in [0.3, 0.4) is 0 Å². The summed E-state index contributed by atoms with van der Waals surface area (Å²) in [7, 11) is 0. The number of hydrogen-bond donors (Lipinski definition) is 2. The Kier molecular flexibility index (Phi) is 4.28. The maximum absolute atomic E-state index is 12.6. The summed E-state index contributed by atoms with van der Waals surface area (Å²) in [6.45, 7) is 8.71. The van der Waals surface area contributed by atoms with Crippen LogP contribution in [0.5, 0.6) is 0 Å². The number of nitrogens with one attached hydrogen (secondary N) is 1. The quantitative estimate of drug-likeness (QED) is 0.841. The highest BCUT2D eigenvalue weighted by Gasteiger charge is 2.34. The zero-order chi connectivity index (χ0) is 15.7. The Hall–Kier alpha value is -1.55. The lowest BCUT2D eigenvalue weighted by molar-refractivity contribution is -0.128. The lowest BCUT2D eigenvalue weighted by Crippen LogP contribution is -2.50. The fourth-order valence-electron chi connectivity index (χ4n) is 2.75. The lowest BCUT2D eigenvalue weighted by atomic mass is 9.82. The van der Waals surface area contributed by atoms with Crippen molar-refractivity contribution in [3.63, 3.8) is 0 Å². The monoisotopic (exact) mass is 290 g/mol. The number of hydrogen-bond acceptors (Lipinski definition) is 3. The molecule has 1 amide bonds. The van der Waals surface area contributed by atoms with E-state index >= 15 is 0 Å². The topological polar surface area (TPSA) is 64.4 Å². The maximum atomic E-state index is 12.6. The van der Waals surface area contributed by atoms with E-state index in [0.29, 0.717) is 12.3 Å². The largest absolute Gasteiger partial charge is 0.399 e. The second kappa shape index (κ2) is 5.68. The molecular weight excluding hydrogens is 264 g/mol. The standard InChI is InChI=1S/C17H26N2O2/c1-16(2)11-14(9-10-21-16)19-15(20)17(3,4)12-5-7-13(18)8-6-12/h5-8,14H,9-11,18H2,1-4H3,(H,19,20). The van der Waals surface area contributed by atoms with Crippen molar-refractivity contribution in [2.24, 2.45) is 0 Å². The molecule has 1 aliphatic rings. The van der Waals surface area contributed by atoms with Crippen LogP contribution < -0.4 is 11.1 Å². The summed E-state index contributed by atoms with van der Waals surface area (Å²) in [6, 6.07) is 7.68. The molecule has 2 rings (SSSR count). The molecule has 1 aliphatic heterocycles. The molecule has 1 unspecified atom stereocenters. The van der Waals surface area contributed by atoms with Gasteiger partial charge in [0.2, 0.25) is 5.91 Å². The number of nitrogen functional groups attached to an aromatic ring is 1. The number of ether oxygens (including phenoxy) is 1. The van der Waals surface area contributed by atoms with E-state index in [2.05, 4.69) is 19.2 Å². The normalized spacial score (nSPS) is 21.8. The summed E-state index contributed by atoms with van der Waals surface area (Å²) in [6.07, 6.45) is 1.71. The van der Waals surface area contributed by atoms with Gasteiger partial charge in [-0.25, -0.2) is 0 Å². The Bertz CT molecular complexity index is 506. The molecule has 4 heteroatoms. The van der Waals surface area contributed by atoms with Crippen LogP contribution in [-0.2, 0) is 14.9 Å². The predicted molar refractivity (Wildman–Crippen MR) is 85.1 cm³/mol. The smallest absolute Gasteiger partial charge is 0.230 e. The van der Waals surface area contributed by atoms with Gasteiger partial charge in [-0.05, 0) is 58.2 Å². The van der Waals surface area contributed by atoms with Crippen molar-refractivity contribution in [1.29, 1.82) is 0 Å². The third-order valence-electron chi connectivity index (χ3n) is 4.23. The number of nitrogens with two attached hydrogens (primary N) is 1. The zero-order valence-corrected chi connectivity index (χ0v) is 13.4. The van der Waals surface area contributed by atoms with Crippen molar-refractivity contribution in [1.82, 2.24) is 5.32 Å². The molecule has 3 N–H and O–H groups in total. The minimum absolute atomic E-state index is 0.0509. The molecule has 0 aromatic heterocycles. The number of carbonyl (C=O) groups excluding carboxylic acids is 1. The van der Waals surface area contributed by atoms with E-state index in [1.54, 1.807) is 0 Å². The average Bonchev–Trinajstić information content (AvgIpc) is 2.38. The molecular formula is C17H26N2O2. The van der Waals surface area contributed by atoms with E-state index in [1.165, 1.54) is 0 Å². The zero-order valence-electron chi connectivity index (χ0n) is 13.4. The molecule has 1 heterocycles. The number of benzene rings is 1. The van der Waals surface area contributed by atoms with Crippen LogP contribution in [0.15, 0.2) is 24.3 Å². The summed E-state index contributed by atoms with van der Waals surface area (Å²) in [5.41, 5.74) is 6.65. The Morgan fingerprint density at radius 3 is 2.52 bits per heavy atom. The maximum Gasteiger partial charge on any atom is 0.230 e. The summed E-state index contributed by atoms with van der Waals surface area (Å²) in [4.78, 5) is 12.6. The van der Waals surface area contributed by atoms with Gasteiger partial charge in [0.1, 0.15) is 0 Å². The van der Waals surface area contributed by atoms with Crippen molar-refractivity contribution < 1.29 is 9.53 Å². The van der Waals surface area contributed by atoms with Crippen molar-refractivity contribution in [2.75, 3.05) is 12.3 Å². The molecule has 1 saturated heterocycles. The third kappa shape index (κ3) is 3.76. The first-order chi connectivity index (χ1) is 9.71. The second-order valence-corrected chi connectivity index (χ2v) is 7.02. The minimum Gasteiger partial charge on any atom is -0.399 e. The predicted octanol–water partition coefficient (Wildman–Crippen LogP) is 2.62. The molecule has 116 valence electrons. The van der Waals surface area contributed by atoms with Gasteiger partial charge in [-0.3, -0.25) is 4.79 Å². The third-order valence-corrected chi connectivity index (χ3v) is 4.23. The molecule has 21 heavy (non-hydrogen) atoms. The van der Waals surface area contributed by atoms with Gasteiger partial charge in [0, 0.05) is 18.3 Å². The molecule has 0 saturated carbocycles. The highest BCUT2D eigenvalue weighted by molar-refractivity contribution is 5.87. The van der Waals surface area contributed by atoms with Gasteiger partial charge in [0.15, 0.2) is 0 Å². The minimum atomic E-state index is -0.573. The molecule has 0 aliphatic carbocycles. The first-order valence-corrected chi connectivity index (χ1v) is 7.52. The summed E-state index contributed by atoms with van der Waals surface area (Å²) >= 11 is 0. The number of rotatable bonds is 3. The first kappa shape index (κ1) is 15.8. The average molecular weight is 290 g/mol. The molecule has 0 radical (unpaired) electrons. The Balaban J connectivity index is 2.06. The van der Waals surface area contributed by atoms with E-state index in [4.69, 9.17) is 10.5 Å². The van der Waals surface area contributed by atoms with Gasteiger partial charge < -0.3 is 15.8 Å². The number of carbonyl (C=O) groups is 1. The van der Waals surface area contributed by atoms with Crippen LogP contribution in [0.2, 0.25) is 0 Å². The fraction of sp³-hybridized carbons (Fsp3) is 0.588. The lowest BCUT2D eigenvalue weighted by Gasteiger charge is -2.37. The van der Waals surface area contributed by atoms with Crippen LogP contribution in [0.25, 0.3) is 0 Å². The van der Waals surface area contributed by atoms with Gasteiger partial charge >= 0.3 is 0 Å². The first-order valence-electron chi connectivity index (χ1n) is 7.52. The summed E-state index contributed by atoms with van der Waals surface area (Å²) in [5, 5.41) is 3.18. The molecule has 0 spiro atoms. The van der Waals surface area contributed by atoms with Crippen LogP contribution >= 0.6 is 0 Å². The Morgan fingerprint density at radius 2 is 1.95 bits per heavy atom. The second-order valence-electron chi connectivity index (χ2n) is 7.02. The summed E-state index contributed by atoms with van der Waals surface area (Å²) < 4.78 is 5.70. The molecule has 1 fully saturated rings. The van der Waals surface area contributed by atoms with Gasteiger partial charge in [-0.1, -0.05) is 12.1 Å². The van der Waals surface area contributed by atoms with Crippen molar-refractivity contribution in [2.45, 2.75) is 57.6 Å². The Morgan fingerprint density at radius 1 is 1.33 bits per heavy atom. The van der Waals surface area contributed by atoms with Gasteiger partial charge in [-0.15, -0.1) is 0 Å². The van der Waals surface area contributed by atoms with E-state index in [9.17, 15) is 4.79 Å². The van der Waals surface area contributed by atoms with Crippen LogP contribution in [-0.4, -0.2) is 24.2 Å². The van der Waals surface area contributed by atoms with E-state index in [-0.39, 0.29) is 17.6 Å². The number of anilines is 1. The van der Waals surface area contributed by atoms with Crippen molar-refractivity contribution in [3.05, 3.63) is 29.8 Å². The van der Waals surface area contributed by atoms with E-state index in [1.807, 2.05) is 38.1 Å². The van der Waals surface area contributed by atoms with Gasteiger partial charge in [0.05, 0.1) is 11.0 Å². The van der Waals surface area contributed by atoms with Crippen LogP contribution in [0, 0.1) is 0 Å². The van der Waals surface area contributed by atoms with Crippen molar-refractivity contribution in [3.8, 4) is 0 Å². The molecule has 1 atom stereocenters. The Labute approximate surface area is 127 Å². The molecule has 1 aromatic rings. The van der Waals surface area contributed by atoms with Gasteiger partial charge in [-0.2, -0.15) is 0 Å². The fourth-order valence-corrected chi connectivity index (χ4v) is 2.75. The van der Waals surface area contributed by atoms with E-state index < -0.39 is 5.41 Å². The summed E-state index contributed by atoms with van der Waals surface area (Å²) in [5.74, 6) is 0.0509. The molecule has 1 aromatic carbocycles. The molecule has 0 bridgehead atoms. The molecule has 4 nitrogen and oxygen atoms in total. The van der Waals surface area contributed by atoms with E-state index in [0.717, 1.165) is 18.4 Å². The SMILES string of the molecule is CC1(C)CC(NC(=O)C(C)(C)c2ccc(N)cc2)CCO1. The highest BCUT2D eigenvalue weighted by atomic mass is 16.5. The van der Waals surface area contributed by atoms with Gasteiger partial charge in [0.25, 0.3) is 0 Å².